The van der Waals surface area contributed by atoms with Crippen LogP contribution in [0.15, 0.2) is 0 Å². The topological polar surface area (TPSA) is 73.0 Å². The number of amides is 3. The lowest BCUT2D eigenvalue weighted by Gasteiger charge is -2.33. The maximum atomic E-state index is 12.7. The van der Waals surface area contributed by atoms with Crippen molar-refractivity contribution in [3.05, 3.63) is 0 Å². The molecule has 7 nitrogen and oxygen atoms in total. The van der Waals surface area contributed by atoms with Crippen LogP contribution in [0.4, 0.5) is 0 Å². The minimum absolute atomic E-state index is 0.0163. The van der Waals surface area contributed by atoms with Gasteiger partial charge in [-0.05, 0) is 51.6 Å². The first-order valence-electron chi connectivity index (χ1n) is 10.7. The number of hydrogen-bond acceptors (Lipinski definition) is 4. The van der Waals surface area contributed by atoms with Crippen LogP contribution >= 0.6 is 0 Å². The zero-order valence-electron chi connectivity index (χ0n) is 16.5. The molecule has 27 heavy (non-hydrogen) atoms. The summed E-state index contributed by atoms with van der Waals surface area (Å²) in [7, 11) is 0. The van der Waals surface area contributed by atoms with E-state index in [1.807, 2.05) is 4.90 Å². The fourth-order valence-electron chi connectivity index (χ4n) is 4.40. The highest BCUT2D eigenvalue weighted by atomic mass is 16.2. The minimum atomic E-state index is -0.0974. The molecule has 152 valence electrons. The molecule has 1 N–H and O–H groups in total. The Hall–Kier alpha value is -1.63. The Morgan fingerprint density at radius 2 is 1.30 bits per heavy atom. The molecule has 3 saturated heterocycles. The Morgan fingerprint density at radius 3 is 1.93 bits per heavy atom. The molecule has 3 aliphatic heterocycles. The summed E-state index contributed by atoms with van der Waals surface area (Å²) >= 11 is 0. The number of nitrogens with zero attached hydrogens (tertiary/aromatic N) is 3. The van der Waals surface area contributed by atoms with Gasteiger partial charge in [0.25, 0.3) is 0 Å². The zero-order chi connectivity index (χ0) is 19.1. The summed E-state index contributed by atoms with van der Waals surface area (Å²) in [6.07, 6.45) is 8.50. The molecule has 0 atom stereocenters. The summed E-state index contributed by atoms with van der Waals surface area (Å²) in [5.41, 5.74) is 0. The molecule has 3 heterocycles. The first-order chi connectivity index (χ1) is 13.1. The first-order valence-corrected chi connectivity index (χ1v) is 10.7. The molecule has 7 heteroatoms. The van der Waals surface area contributed by atoms with Gasteiger partial charge in [-0.15, -0.1) is 0 Å². The maximum Gasteiger partial charge on any atom is 0.241 e. The molecule has 3 aliphatic rings. The summed E-state index contributed by atoms with van der Waals surface area (Å²) in [6, 6.07) is 0. The summed E-state index contributed by atoms with van der Waals surface area (Å²) in [4.78, 5) is 42.8. The van der Waals surface area contributed by atoms with Gasteiger partial charge >= 0.3 is 0 Å². The van der Waals surface area contributed by atoms with Crippen LogP contribution in [0.2, 0.25) is 0 Å². The number of likely N-dealkylation sites (tertiary alicyclic amines) is 3. The molecular formula is C20H34N4O3. The summed E-state index contributed by atoms with van der Waals surface area (Å²) < 4.78 is 0. The smallest absolute Gasteiger partial charge is 0.241 e. The van der Waals surface area contributed by atoms with Crippen LogP contribution in [-0.2, 0) is 14.4 Å². The largest absolute Gasteiger partial charge is 0.346 e. The number of carbonyl (C=O) groups is 3. The van der Waals surface area contributed by atoms with Crippen molar-refractivity contribution in [2.45, 2.75) is 51.4 Å². The van der Waals surface area contributed by atoms with Crippen molar-refractivity contribution in [1.29, 1.82) is 0 Å². The van der Waals surface area contributed by atoms with Gasteiger partial charge < -0.3 is 15.1 Å². The van der Waals surface area contributed by atoms with Crippen LogP contribution in [-0.4, -0.2) is 84.8 Å². The van der Waals surface area contributed by atoms with Gasteiger partial charge in [0.05, 0.1) is 13.1 Å². The van der Waals surface area contributed by atoms with Crippen LogP contribution in [0.5, 0.6) is 0 Å². The third-order valence-electron chi connectivity index (χ3n) is 6.12. The molecular weight excluding hydrogens is 344 g/mol. The summed E-state index contributed by atoms with van der Waals surface area (Å²) in [5, 5.41) is 2.75. The second-order valence-electron chi connectivity index (χ2n) is 8.15. The lowest BCUT2D eigenvalue weighted by atomic mass is 9.95. The molecule has 0 aromatic carbocycles. The Morgan fingerprint density at radius 1 is 0.741 bits per heavy atom. The van der Waals surface area contributed by atoms with Gasteiger partial charge in [-0.3, -0.25) is 19.3 Å². The van der Waals surface area contributed by atoms with E-state index in [0.29, 0.717) is 12.5 Å². The average molecular weight is 379 g/mol. The van der Waals surface area contributed by atoms with E-state index in [1.54, 1.807) is 0 Å². The quantitative estimate of drug-likeness (QED) is 0.769. The fraction of sp³-hybridized carbons (Fsp3) is 0.850. The van der Waals surface area contributed by atoms with Crippen LogP contribution in [0.1, 0.15) is 51.4 Å². The molecule has 0 aromatic heterocycles. The summed E-state index contributed by atoms with van der Waals surface area (Å²) in [5.74, 6) is 0.346. The van der Waals surface area contributed by atoms with E-state index < -0.39 is 0 Å². The third kappa shape index (κ3) is 5.92. The second-order valence-corrected chi connectivity index (χ2v) is 8.15. The molecule has 0 aliphatic carbocycles. The fourth-order valence-corrected chi connectivity index (χ4v) is 4.40. The first kappa shape index (κ1) is 20.1. The van der Waals surface area contributed by atoms with Gasteiger partial charge in [0.15, 0.2) is 0 Å². The zero-order valence-corrected chi connectivity index (χ0v) is 16.5. The Bertz CT molecular complexity index is 517. The minimum Gasteiger partial charge on any atom is -0.346 e. The summed E-state index contributed by atoms with van der Waals surface area (Å²) in [6.45, 7) is 5.41. The average Bonchev–Trinajstić information content (AvgIpc) is 3.09. The van der Waals surface area contributed by atoms with Crippen molar-refractivity contribution in [1.82, 2.24) is 20.0 Å². The van der Waals surface area contributed by atoms with Crippen molar-refractivity contribution >= 4 is 17.7 Å². The van der Waals surface area contributed by atoms with Gasteiger partial charge in [0.1, 0.15) is 0 Å². The Kier molecular flexibility index (Phi) is 7.50. The molecule has 3 fully saturated rings. The number of carbonyl (C=O) groups excluding carboxylic acids is 3. The van der Waals surface area contributed by atoms with Crippen molar-refractivity contribution in [3.63, 3.8) is 0 Å². The monoisotopic (exact) mass is 378 g/mol. The van der Waals surface area contributed by atoms with E-state index in [-0.39, 0.29) is 24.3 Å². The molecule has 0 saturated carbocycles. The highest BCUT2D eigenvalue weighted by Gasteiger charge is 2.29. The molecule has 3 rings (SSSR count). The Balaban J connectivity index is 1.34. The van der Waals surface area contributed by atoms with E-state index in [2.05, 4.69) is 15.1 Å². The van der Waals surface area contributed by atoms with E-state index >= 15 is 0 Å². The van der Waals surface area contributed by atoms with Gasteiger partial charge in [-0.25, -0.2) is 0 Å². The van der Waals surface area contributed by atoms with Gasteiger partial charge in [0, 0.05) is 32.1 Å². The maximum absolute atomic E-state index is 12.7. The molecule has 0 unspecified atom stereocenters. The van der Waals surface area contributed by atoms with E-state index in [9.17, 15) is 14.4 Å². The van der Waals surface area contributed by atoms with E-state index in [1.165, 1.54) is 12.8 Å². The van der Waals surface area contributed by atoms with Crippen molar-refractivity contribution in [3.8, 4) is 0 Å². The number of piperidine rings is 1. The highest BCUT2D eigenvalue weighted by Crippen LogP contribution is 2.21. The number of rotatable bonds is 5. The Labute approximate surface area is 162 Å². The van der Waals surface area contributed by atoms with Crippen LogP contribution in [0.3, 0.4) is 0 Å². The molecule has 0 radical (unpaired) electrons. The molecule has 3 amide bonds. The molecule has 0 bridgehead atoms. The van der Waals surface area contributed by atoms with Crippen LogP contribution in [0, 0.1) is 5.92 Å². The van der Waals surface area contributed by atoms with Crippen molar-refractivity contribution in [2.24, 2.45) is 5.92 Å². The number of nitrogens with one attached hydrogen (secondary N) is 1. The van der Waals surface area contributed by atoms with Crippen LogP contribution in [0.25, 0.3) is 0 Å². The van der Waals surface area contributed by atoms with E-state index in [0.717, 1.165) is 77.8 Å². The van der Waals surface area contributed by atoms with Gasteiger partial charge in [-0.1, -0.05) is 12.8 Å². The highest BCUT2D eigenvalue weighted by molar-refractivity contribution is 5.85. The predicted octanol–water partition coefficient (Wildman–Crippen LogP) is 0.840. The molecule has 0 aromatic rings. The van der Waals surface area contributed by atoms with Crippen molar-refractivity contribution in [2.75, 3.05) is 52.4 Å². The lowest BCUT2D eigenvalue weighted by molar-refractivity contribution is -0.137. The van der Waals surface area contributed by atoms with Crippen LogP contribution < -0.4 is 5.32 Å². The number of hydrogen-bond donors (Lipinski definition) is 1. The van der Waals surface area contributed by atoms with Gasteiger partial charge in [-0.2, -0.15) is 0 Å². The van der Waals surface area contributed by atoms with E-state index in [4.69, 9.17) is 0 Å². The lowest BCUT2D eigenvalue weighted by Crippen LogP contribution is -2.47. The predicted molar refractivity (Wildman–Crippen MR) is 103 cm³/mol. The standard InChI is InChI=1S/C20H34N4O3/c25-18(21-15-19(26)23-9-5-6-10-23)16-22-13-7-17(8-14-22)20(27)24-11-3-1-2-4-12-24/h17H,1-16H2,(H,21,25). The second kappa shape index (κ2) is 10.1. The molecule has 0 spiro atoms. The van der Waals surface area contributed by atoms with Crippen molar-refractivity contribution < 1.29 is 14.4 Å². The van der Waals surface area contributed by atoms with Gasteiger partial charge in [0.2, 0.25) is 17.7 Å². The third-order valence-corrected chi connectivity index (χ3v) is 6.12. The normalized spacial score (nSPS) is 22.5. The SMILES string of the molecule is O=C(CN1CCC(C(=O)N2CCCCCC2)CC1)NCC(=O)N1CCCC1.